The number of aryl methyl sites for hydroxylation is 2. The zero-order valence-electron chi connectivity index (χ0n) is 15.8. The SMILES string of the molecule is Cc1ccc(NC(=O)Nc2nnc(SCC(=O)NC[C@H]3CCCO3)s2)cc1C. The minimum atomic E-state index is -0.384. The van der Waals surface area contributed by atoms with Crippen molar-refractivity contribution in [3.8, 4) is 0 Å². The number of thioether (sulfide) groups is 1. The normalized spacial score (nSPS) is 16.0. The van der Waals surface area contributed by atoms with Crippen LogP contribution in [0.3, 0.4) is 0 Å². The second kappa shape index (κ2) is 9.85. The van der Waals surface area contributed by atoms with Gasteiger partial charge in [0.1, 0.15) is 0 Å². The molecular weight excluding hydrogens is 398 g/mol. The standard InChI is InChI=1S/C18H23N5O3S2/c1-11-5-6-13(8-12(11)2)20-16(25)21-17-22-23-18(28-17)27-10-15(24)19-9-14-4-3-7-26-14/h5-6,8,14H,3-4,7,9-10H2,1-2H3,(H,19,24)(H2,20,21,22,25)/t14-/m1/s1. The number of ether oxygens (including phenoxy) is 1. The van der Waals surface area contributed by atoms with Crippen LogP contribution in [0, 0.1) is 13.8 Å². The third-order valence-electron chi connectivity index (χ3n) is 4.27. The first-order chi connectivity index (χ1) is 13.5. The number of carbonyl (C=O) groups is 2. The van der Waals surface area contributed by atoms with E-state index in [9.17, 15) is 9.59 Å². The number of aromatic nitrogens is 2. The summed E-state index contributed by atoms with van der Waals surface area (Å²) in [4.78, 5) is 24.0. The Morgan fingerprint density at radius 1 is 1.25 bits per heavy atom. The molecule has 1 aromatic heterocycles. The molecule has 1 aliphatic rings. The van der Waals surface area contributed by atoms with E-state index in [-0.39, 0.29) is 23.8 Å². The summed E-state index contributed by atoms with van der Waals surface area (Å²) in [5.74, 6) is 0.175. The quantitative estimate of drug-likeness (QED) is 0.468. The first-order valence-corrected chi connectivity index (χ1v) is 10.8. The molecule has 0 saturated carbocycles. The fourth-order valence-corrected chi connectivity index (χ4v) is 4.19. The van der Waals surface area contributed by atoms with Gasteiger partial charge in [0.15, 0.2) is 4.34 Å². The number of nitrogens with zero attached hydrogens (tertiary/aromatic N) is 2. The van der Waals surface area contributed by atoms with Crippen molar-refractivity contribution >= 4 is 45.9 Å². The molecule has 1 aromatic carbocycles. The Hall–Kier alpha value is -2.17. The van der Waals surface area contributed by atoms with Crippen molar-refractivity contribution < 1.29 is 14.3 Å². The molecule has 1 saturated heterocycles. The van der Waals surface area contributed by atoms with Crippen molar-refractivity contribution in [3.63, 3.8) is 0 Å². The van der Waals surface area contributed by atoms with Gasteiger partial charge in [0, 0.05) is 18.8 Å². The highest BCUT2D eigenvalue weighted by atomic mass is 32.2. The van der Waals surface area contributed by atoms with E-state index < -0.39 is 0 Å². The number of nitrogens with one attached hydrogen (secondary N) is 3. The largest absolute Gasteiger partial charge is 0.376 e. The number of amides is 3. The molecular formula is C18H23N5O3S2. The van der Waals surface area contributed by atoms with Crippen LogP contribution in [-0.4, -0.2) is 47.1 Å². The summed E-state index contributed by atoms with van der Waals surface area (Å²) in [7, 11) is 0. The van der Waals surface area contributed by atoms with Gasteiger partial charge >= 0.3 is 6.03 Å². The van der Waals surface area contributed by atoms with Gasteiger partial charge < -0.3 is 15.4 Å². The van der Waals surface area contributed by atoms with Crippen LogP contribution < -0.4 is 16.0 Å². The van der Waals surface area contributed by atoms with Gasteiger partial charge in [-0.15, -0.1) is 10.2 Å². The molecule has 0 bridgehead atoms. The van der Waals surface area contributed by atoms with Gasteiger partial charge in [-0.3, -0.25) is 10.1 Å². The van der Waals surface area contributed by atoms with Gasteiger partial charge in [0.25, 0.3) is 0 Å². The number of rotatable bonds is 7. The molecule has 2 aromatic rings. The van der Waals surface area contributed by atoms with Crippen molar-refractivity contribution in [2.24, 2.45) is 0 Å². The number of hydrogen-bond donors (Lipinski definition) is 3. The smallest absolute Gasteiger partial charge is 0.325 e. The van der Waals surface area contributed by atoms with Crippen LogP contribution in [0.1, 0.15) is 24.0 Å². The number of carbonyl (C=O) groups excluding carboxylic acids is 2. The second-order valence-corrected chi connectivity index (χ2v) is 8.68. The monoisotopic (exact) mass is 421 g/mol. The Morgan fingerprint density at radius 2 is 2.11 bits per heavy atom. The molecule has 8 nitrogen and oxygen atoms in total. The van der Waals surface area contributed by atoms with Crippen LogP contribution in [-0.2, 0) is 9.53 Å². The van der Waals surface area contributed by atoms with Gasteiger partial charge in [0.05, 0.1) is 11.9 Å². The molecule has 1 atom stereocenters. The van der Waals surface area contributed by atoms with Gasteiger partial charge in [-0.1, -0.05) is 29.2 Å². The molecule has 0 spiro atoms. The summed E-state index contributed by atoms with van der Waals surface area (Å²) in [6.07, 6.45) is 2.16. The molecule has 3 N–H and O–H groups in total. The number of hydrogen-bond acceptors (Lipinski definition) is 7. The van der Waals surface area contributed by atoms with E-state index in [1.807, 2.05) is 32.0 Å². The van der Waals surface area contributed by atoms with Crippen LogP contribution in [0.15, 0.2) is 22.5 Å². The Kier molecular flexibility index (Phi) is 7.24. The molecule has 1 aliphatic heterocycles. The van der Waals surface area contributed by atoms with Crippen LogP contribution >= 0.6 is 23.1 Å². The third-order valence-corrected chi connectivity index (χ3v) is 6.24. The molecule has 150 valence electrons. The second-order valence-electron chi connectivity index (χ2n) is 6.48. The van der Waals surface area contributed by atoms with E-state index in [2.05, 4.69) is 26.1 Å². The average molecular weight is 422 g/mol. The molecule has 28 heavy (non-hydrogen) atoms. The molecule has 10 heteroatoms. The maximum absolute atomic E-state index is 12.1. The fourth-order valence-electron chi connectivity index (χ4n) is 2.61. The van der Waals surface area contributed by atoms with Crippen molar-refractivity contribution in [1.29, 1.82) is 0 Å². The predicted molar refractivity (Wildman–Crippen MR) is 111 cm³/mol. The van der Waals surface area contributed by atoms with E-state index in [1.54, 1.807) is 0 Å². The first kappa shape index (κ1) is 20.6. The lowest BCUT2D eigenvalue weighted by Crippen LogP contribution is -2.32. The van der Waals surface area contributed by atoms with E-state index in [4.69, 9.17) is 4.74 Å². The lowest BCUT2D eigenvalue weighted by Gasteiger charge is -2.09. The van der Waals surface area contributed by atoms with E-state index >= 15 is 0 Å². The van der Waals surface area contributed by atoms with E-state index in [0.717, 1.165) is 30.6 Å². The number of anilines is 2. The highest BCUT2D eigenvalue weighted by molar-refractivity contribution is 8.01. The topological polar surface area (TPSA) is 105 Å². The summed E-state index contributed by atoms with van der Waals surface area (Å²) in [6.45, 7) is 5.32. The Labute approximate surface area is 171 Å². The molecule has 3 amide bonds. The minimum absolute atomic E-state index is 0.0716. The molecule has 1 fully saturated rings. The highest BCUT2D eigenvalue weighted by Crippen LogP contribution is 2.25. The van der Waals surface area contributed by atoms with E-state index in [0.29, 0.717) is 21.7 Å². The summed E-state index contributed by atoms with van der Waals surface area (Å²) < 4.78 is 6.09. The third kappa shape index (κ3) is 6.18. The Bertz CT molecular complexity index is 836. The van der Waals surface area contributed by atoms with Gasteiger partial charge in [-0.05, 0) is 49.9 Å². The highest BCUT2D eigenvalue weighted by Gasteiger charge is 2.16. The van der Waals surface area contributed by atoms with Crippen LogP contribution in [0.5, 0.6) is 0 Å². The zero-order chi connectivity index (χ0) is 19.9. The summed E-state index contributed by atoms with van der Waals surface area (Å²) in [6, 6.07) is 5.32. The Morgan fingerprint density at radius 3 is 2.86 bits per heavy atom. The van der Waals surface area contributed by atoms with Crippen LogP contribution in [0.4, 0.5) is 15.6 Å². The van der Waals surface area contributed by atoms with Crippen molar-refractivity contribution in [1.82, 2.24) is 15.5 Å². The van der Waals surface area contributed by atoms with Crippen molar-refractivity contribution in [3.05, 3.63) is 29.3 Å². The van der Waals surface area contributed by atoms with Crippen molar-refractivity contribution in [2.75, 3.05) is 29.5 Å². The lowest BCUT2D eigenvalue weighted by molar-refractivity contribution is -0.119. The van der Waals surface area contributed by atoms with Gasteiger partial charge in [-0.25, -0.2) is 4.79 Å². The van der Waals surface area contributed by atoms with Crippen molar-refractivity contribution in [2.45, 2.75) is 37.1 Å². The molecule has 0 unspecified atom stereocenters. The summed E-state index contributed by atoms with van der Waals surface area (Å²) in [5.41, 5.74) is 2.98. The molecule has 0 aliphatic carbocycles. The van der Waals surface area contributed by atoms with Gasteiger partial charge in [0.2, 0.25) is 11.0 Å². The van der Waals surface area contributed by atoms with Crippen LogP contribution in [0.25, 0.3) is 0 Å². The van der Waals surface area contributed by atoms with Crippen LogP contribution in [0.2, 0.25) is 0 Å². The lowest BCUT2D eigenvalue weighted by atomic mass is 10.1. The minimum Gasteiger partial charge on any atom is -0.376 e. The van der Waals surface area contributed by atoms with E-state index in [1.165, 1.54) is 23.1 Å². The summed E-state index contributed by atoms with van der Waals surface area (Å²) in [5, 5.41) is 16.6. The molecule has 0 radical (unpaired) electrons. The maximum atomic E-state index is 12.1. The average Bonchev–Trinajstić information content (AvgIpc) is 3.33. The van der Waals surface area contributed by atoms with Gasteiger partial charge in [-0.2, -0.15) is 0 Å². The summed E-state index contributed by atoms with van der Waals surface area (Å²) >= 11 is 2.51. The Balaban J connectivity index is 1.41. The fraction of sp³-hybridized carbons (Fsp3) is 0.444. The number of urea groups is 1. The first-order valence-electron chi connectivity index (χ1n) is 8.99. The predicted octanol–water partition coefficient (Wildman–Crippen LogP) is 3.19. The molecule has 2 heterocycles. The zero-order valence-corrected chi connectivity index (χ0v) is 17.4. The maximum Gasteiger partial charge on any atom is 0.325 e. The molecule has 3 rings (SSSR count). The number of benzene rings is 1.